The lowest BCUT2D eigenvalue weighted by molar-refractivity contribution is 1.17. The number of hydrogen-bond donors (Lipinski definition) is 0. The molecule has 2 nitrogen and oxygen atoms in total. The molecule has 1 heterocycles. The van der Waals surface area contributed by atoms with Gasteiger partial charge in [-0.1, -0.05) is 23.7 Å². The van der Waals surface area contributed by atoms with Crippen LogP contribution >= 0.6 is 23.2 Å². The van der Waals surface area contributed by atoms with Crippen molar-refractivity contribution >= 4 is 23.2 Å². The van der Waals surface area contributed by atoms with Crippen LogP contribution in [0.3, 0.4) is 0 Å². The average molecular weight is 225 g/mol. The Labute approximate surface area is 91.5 Å². The Kier molecular flexibility index (Phi) is 2.66. The van der Waals surface area contributed by atoms with Gasteiger partial charge >= 0.3 is 0 Å². The van der Waals surface area contributed by atoms with E-state index < -0.39 is 0 Å². The third-order valence-corrected chi connectivity index (χ3v) is 2.16. The first-order valence-electron chi connectivity index (χ1n) is 4.00. The fourth-order valence-electron chi connectivity index (χ4n) is 1.14. The standard InChI is InChI=1S/C10H6Cl2N2/c11-8-3-1-2-7(6-8)9-4-5-13-10(12)14-9/h1-6H. The summed E-state index contributed by atoms with van der Waals surface area (Å²) < 4.78 is 0. The third-order valence-electron chi connectivity index (χ3n) is 1.75. The summed E-state index contributed by atoms with van der Waals surface area (Å²) in [6.07, 6.45) is 1.62. The molecule has 0 radical (unpaired) electrons. The van der Waals surface area contributed by atoms with Crippen LogP contribution in [0.1, 0.15) is 0 Å². The van der Waals surface area contributed by atoms with Crippen LogP contribution in [-0.4, -0.2) is 9.97 Å². The summed E-state index contributed by atoms with van der Waals surface area (Å²) in [6, 6.07) is 9.23. The number of nitrogens with zero attached hydrogens (tertiary/aromatic N) is 2. The molecule has 0 spiro atoms. The first-order chi connectivity index (χ1) is 6.75. The van der Waals surface area contributed by atoms with Crippen LogP contribution in [0.25, 0.3) is 11.3 Å². The lowest BCUT2D eigenvalue weighted by atomic mass is 10.1. The molecule has 0 aliphatic heterocycles. The predicted molar refractivity (Wildman–Crippen MR) is 57.5 cm³/mol. The molecule has 0 fully saturated rings. The van der Waals surface area contributed by atoms with Gasteiger partial charge in [-0.3, -0.25) is 0 Å². The van der Waals surface area contributed by atoms with E-state index in [1.165, 1.54) is 0 Å². The van der Waals surface area contributed by atoms with Gasteiger partial charge in [-0.05, 0) is 29.8 Å². The van der Waals surface area contributed by atoms with Crippen molar-refractivity contribution in [2.24, 2.45) is 0 Å². The molecule has 0 amide bonds. The van der Waals surface area contributed by atoms with Gasteiger partial charge in [0.05, 0.1) is 5.69 Å². The first kappa shape index (κ1) is 9.44. The van der Waals surface area contributed by atoms with Gasteiger partial charge in [0.2, 0.25) is 5.28 Å². The minimum Gasteiger partial charge on any atom is -0.226 e. The van der Waals surface area contributed by atoms with E-state index in [-0.39, 0.29) is 5.28 Å². The zero-order chi connectivity index (χ0) is 9.97. The summed E-state index contributed by atoms with van der Waals surface area (Å²) in [5, 5.41) is 0.916. The second-order valence-electron chi connectivity index (χ2n) is 2.72. The van der Waals surface area contributed by atoms with E-state index in [0.717, 1.165) is 11.3 Å². The Morgan fingerprint density at radius 3 is 2.64 bits per heavy atom. The lowest BCUT2D eigenvalue weighted by Gasteiger charge is -2.00. The van der Waals surface area contributed by atoms with Crippen LogP contribution < -0.4 is 0 Å². The van der Waals surface area contributed by atoms with Gasteiger partial charge < -0.3 is 0 Å². The van der Waals surface area contributed by atoms with E-state index in [1.54, 1.807) is 12.3 Å². The monoisotopic (exact) mass is 224 g/mol. The molecule has 0 aliphatic rings. The van der Waals surface area contributed by atoms with Crippen LogP contribution in [0.2, 0.25) is 10.3 Å². The highest BCUT2D eigenvalue weighted by atomic mass is 35.5. The molecule has 0 aliphatic carbocycles. The fraction of sp³-hybridized carbons (Fsp3) is 0. The SMILES string of the molecule is Clc1cccc(-c2ccnc(Cl)n2)c1. The van der Waals surface area contributed by atoms with Crippen LogP contribution in [0.15, 0.2) is 36.5 Å². The second-order valence-corrected chi connectivity index (χ2v) is 3.50. The maximum atomic E-state index is 5.86. The van der Waals surface area contributed by atoms with Crippen LogP contribution in [-0.2, 0) is 0 Å². The zero-order valence-electron chi connectivity index (χ0n) is 7.11. The third kappa shape index (κ3) is 2.03. The van der Waals surface area contributed by atoms with Gasteiger partial charge in [0.15, 0.2) is 0 Å². The van der Waals surface area contributed by atoms with Crippen molar-refractivity contribution in [3.63, 3.8) is 0 Å². The maximum absolute atomic E-state index is 5.86. The number of hydrogen-bond acceptors (Lipinski definition) is 2. The predicted octanol–water partition coefficient (Wildman–Crippen LogP) is 3.45. The lowest BCUT2D eigenvalue weighted by Crippen LogP contribution is -1.85. The zero-order valence-corrected chi connectivity index (χ0v) is 8.63. The normalized spacial score (nSPS) is 10.1. The number of benzene rings is 1. The van der Waals surface area contributed by atoms with Gasteiger partial charge in [-0.15, -0.1) is 0 Å². The molecule has 0 saturated carbocycles. The van der Waals surface area contributed by atoms with E-state index in [2.05, 4.69) is 9.97 Å². The summed E-state index contributed by atoms with van der Waals surface area (Å²) in [4.78, 5) is 7.89. The molecule has 0 N–H and O–H groups in total. The topological polar surface area (TPSA) is 25.8 Å². The van der Waals surface area contributed by atoms with Crippen molar-refractivity contribution in [2.45, 2.75) is 0 Å². The highest BCUT2D eigenvalue weighted by molar-refractivity contribution is 6.30. The van der Waals surface area contributed by atoms with Gasteiger partial charge in [0.1, 0.15) is 0 Å². The molecule has 0 bridgehead atoms. The quantitative estimate of drug-likeness (QED) is 0.694. The van der Waals surface area contributed by atoms with Gasteiger partial charge in [-0.2, -0.15) is 0 Å². The Bertz CT molecular complexity index is 414. The molecule has 0 unspecified atom stereocenters. The average Bonchev–Trinajstić information content (AvgIpc) is 2.18. The molecule has 70 valence electrons. The molecular weight excluding hydrogens is 219 g/mol. The Morgan fingerprint density at radius 1 is 1.07 bits per heavy atom. The van der Waals surface area contributed by atoms with Crippen molar-refractivity contribution in [1.29, 1.82) is 0 Å². The summed E-state index contributed by atoms with van der Waals surface area (Å²) in [5.41, 5.74) is 1.70. The smallest absolute Gasteiger partial charge is 0.222 e. The first-order valence-corrected chi connectivity index (χ1v) is 4.76. The molecule has 0 saturated heterocycles. The summed E-state index contributed by atoms with van der Waals surface area (Å²) in [6.45, 7) is 0. The number of rotatable bonds is 1. The Hall–Kier alpha value is -1.12. The summed E-state index contributed by atoms with van der Waals surface area (Å²) in [5.74, 6) is 0. The highest BCUT2D eigenvalue weighted by Crippen LogP contribution is 2.20. The molecule has 14 heavy (non-hydrogen) atoms. The van der Waals surface area contributed by atoms with E-state index in [9.17, 15) is 0 Å². The number of halogens is 2. The molecule has 4 heteroatoms. The summed E-state index contributed by atoms with van der Waals surface area (Å²) >= 11 is 11.5. The van der Waals surface area contributed by atoms with Gasteiger partial charge in [0, 0.05) is 16.8 Å². The Balaban J connectivity index is 2.49. The van der Waals surface area contributed by atoms with Crippen LogP contribution in [0.5, 0.6) is 0 Å². The molecule has 1 aromatic heterocycles. The fourth-order valence-corrected chi connectivity index (χ4v) is 1.48. The Morgan fingerprint density at radius 2 is 1.93 bits per heavy atom. The maximum Gasteiger partial charge on any atom is 0.222 e. The molecule has 0 atom stereocenters. The van der Waals surface area contributed by atoms with E-state index in [4.69, 9.17) is 23.2 Å². The van der Waals surface area contributed by atoms with Gasteiger partial charge in [0.25, 0.3) is 0 Å². The van der Waals surface area contributed by atoms with Gasteiger partial charge in [-0.25, -0.2) is 9.97 Å². The molecule has 2 aromatic rings. The molecule has 2 rings (SSSR count). The summed E-state index contributed by atoms with van der Waals surface area (Å²) in [7, 11) is 0. The molecular formula is C10H6Cl2N2. The van der Waals surface area contributed by atoms with Crippen molar-refractivity contribution < 1.29 is 0 Å². The minimum absolute atomic E-state index is 0.238. The van der Waals surface area contributed by atoms with Crippen molar-refractivity contribution in [3.8, 4) is 11.3 Å². The van der Waals surface area contributed by atoms with Crippen LogP contribution in [0, 0.1) is 0 Å². The highest BCUT2D eigenvalue weighted by Gasteiger charge is 2.00. The molecule has 1 aromatic carbocycles. The second kappa shape index (κ2) is 3.95. The van der Waals surface area contributed by atoms with Crippen LogP contribution in [0.4, 0.5) is 0 Å². The van der Waals surface area contributed by atoms with E-state index in [1.807, 2.05) is 24.3 Å². The van der Waals surface area contributed by atoms with E-state index >= 15 is 0 Å². The largest absolute Gasteiger partial charge is 0.226 e. The minimum atomic E-state index is 0.238. The number of aromatic nitrogens is 2. The van der Waals surface area contributed by atoms with Crippen molar-refractivity contribution in [3.05, 3.63) is 46.8 Å². The van der Waals surface area contributed by atoms with E-state index in [0.29, 0.717) is 5.02 Å². The van der Waals surface area contributed by atoms with Crippen molar-refractivity contribution in [1.82, 2.24) is 9.97 Å². The van der Waals surface area contributed by atoms with Crippen molar-refractivity contribution in [2.75, 3.05) is 0 Å².